The summed E-state index contributed by atoms with van der Waals surface area (Å²) in [4.78, 5) is 0. The van der Waals surface area contributed by atoms with Crippen LogP contribution < -0.4 is 5.32 Å². The fourth-order valence-corrected chi connectivity index (χ4v) is 4.22. The Hall–Kier alpha value is -0.870. The third kappa shape index (κ3) is 4.32. The van der Waals surface area contributed by atoms with Gasteiger partial charge in [-0.1, -0.05) is 26.7 Å². The average Bonchev–Trinajstić information content (AvgIpc) is 2.82. The van der Waals surface area contributed by atoms with Crippen LogP contribution in [0.25, 0.3) is 0 Å². The molecule has 0 aromatic carbocycles. The van der Waals surface area contributed by atoms with Gasteiger partial charge >= 0.3 is 0 Å². The number of terminal acetylenes is 1. The highest BCUT2D eigenvalue weighted by Gasteiger charge is 2.24. The third-order valence-corrected chi connectivity index (χ3v) is 5.94. The van der Waals surface area contributed by atoms with Crippen LogP contribution in [-0.2, 0) is 16.6 Å². The molecule has 1 rings (SSSR count). The molecule has 1 aromatic rings. The molecule has 1 heterocycles. The van der Waals surface area contributed by atoms with Gasteiger partial charge in [0.25, 0.3) is 10.0 Å². The Labute approximate surface area is 119 Å². The van der Waals surface area contributed by atoms with Gasteiger partial charge in [-0.3, -0.25) is 0 Å². The molecule has 1 N–H and O–H groups in total. The minimum atomic E-state index is -3.45. The predicted molar refractivity (Wildman–Crippen MR) is 79.6 cm³/mol. The number of rotatable bonds is 7. The second kappa shape index (κ2) is 7.06. The summed E-state index contributed by atoms with van der Waals surface area (Å²) in [6, 6.07) is 2.09. The summed E-state index contributed by atoms with van der Waals surface area (Å²) in [5, 5.41) is 5.13. The van der Waals surface area contributed by atoms with Crippen molar-refractivity contribution >= 4 is 21.4 Å². The Morgan fingerprint density at radius 3 is 2.74 bits per heavy atom. The Morgan fingerprint density at radius 1 is 1.53 bits per heavy atom. The van der Waals surface area contributed by atoms with E-state index in [1.165, 1.54) is 15.6 Å². The van der Waals surface area contributed by atoms with Crippen LogP contribution in [0.15, 0.2) is 15.7 Å². The maximum Gasteiger partial charge on any atom is 0.253 e. The van der Waals surface area contributed by atoms with Gasteiger partial charge in [-0.25, -0.2) is 8.42 Å². The molecule has 19 heavy (non-hydrogen) atoms. The van der Waals surface area contributed by atoms with E-state index < -0.39 is 10.0 Å². The van der Waals surface area contributed by atoms with Crippen molar-refractivity contribution in [2.24, 2.45) is 0 Å². The van der Waals surface area contributed by atoms with Crippen LogP contribution >= 0.6 is 11.3 Å². The van der Waals surface area contributed by atoms with Gasteiger partial charge in [0.15, 0.2) is 0 Å². The Morgan fingerprint density at radius 2 is 2.21 bits per heavy atom. The minimum absolute atomic E-state index is 0.107. The molecule has 0 aliphatic carbocycles. The number of sulfonamides is 1. The van der Waals surface area contributed by atoms with Crippen LogP contribution in [0.5, 0.6) is 0 Å². The molecule has 0 radical (unpaired) electrons. The normalized spacial score (nSPS) is 12.0. The number of thiophene rings is 1. The van der Waals surface area contributed by atoms with E-state index in [2.05, 4.69) is 25.1 Å². The lowest BCUT2D eigenvalue weighted by Crippen LogP contribution is -2.30. The fourth-order valence-electron chi connectivity index (χ4n) is 1.50. The van der Waals surface area contributed by atoms with Crippen LogP contribution in [0.4, 0.5) is 0 Å². The van der Waals surface area contributed by atoms with E-state index in [9.17, 15) is 8.42 Å². The highest BCUT2D eigenvalue weighted by molar-refractivity contribution is 7.91. The predicted octanol–water partition coefficient (Wildman–Crippen LogP) is 1.89. The molecule has 1 aromatic heterocycles. The molecule has 6 heteroatoms. The van der Waals surface area contributed by atoms with Gasteiger partial charge in [-0.05, 0) is 17.0 Å². The first-order valence-corrected chi connectivity index (χ1v) is 8.48. The van der Waals surface area contributed by atoms with Crippen LogP contribution in [0, 0.1) is 12.3 Å². The van der Waals surface area contributed by atoms with Gasteiger partial charge in [0.2, 0.25) is 0 Å². The zero-order valence-electron chi connectivity index (χ0n) is 11.5. The second-order valence-electron chi connectivity index (χ2n) is 4.44. The molecule has 0 saturated carbocycles. The fraction of sp³-hybridized carbons (Fsp3) is 0.538. The maximum absolute atomic E-state index is 12.3. The van der Waals surface area contributed by atoms with Gasteiger partial charge in [-0.2, -0.15) is 4.31 Å². The number of hydrogen-bond acceptors (Lipinski definition) is 4. The molecular formula is C13H20N2O2S2. The number of nitrogens with one attached hydrogen (secondary N) is 1. The summed E-state index contributed by atoms with van der Waals surface area (Å²) in [5.41, 5.74) is 0.981. The third-order valence-electron chi connectivity index (χ3n) is 2.56. The highest BCUT2D eigenvalue weighted by atomic mass is 32.2. The molecule has 0 unspecified atom stereocenters. The quantitative estimate of drug-likeness (QED) is 0.782. The van der Waals surface area contributed by atoms with Crippen molar-refractivity contribution in [2.45, 2.75) is 37.6 Å². The van der Waals surface area contributed by atoms with Crippen LogP contribution in [0.2, 0.25) is 0 Å². The first-order chi connectivity index (χ1) is 8.91. The summed E-state index contributed by atoms with van der Waals surface area (Å²) in [7, 11) is -3.45. The summed E-state index contributed by atoms with van der Waals surface area (Å²) < 4.78 is 26.3. The Balaban J connectivity index is 2.88. The summed E-state index contributed by atoms with van der Waals surface area (Å²) in [5.74, 6) is 2.38. The monoisotopic (exact) mass is 300 g/mol. The molecule has 0 bridgehead atoms. The lowest BCUT2D eigenvalue weighted by molar-refractivity contribution is 0.465. The maximum atomic E-state index is 12.3. The van der Waals surface area contributed by atoms with Crippen LogP contribution in [0.3, 0.4) is 0 Å². The topological polar surface area (TPSA) is 49.4 Å². The van der Waals surface area contributed by atoms with Crippen molar-refractivity contribution in [1.29, 1.82) is 0 Å². The first-order valence-electron chi connectivity index (χ1n) is 6.16. The summed E-state index contributed by atoms with van der Waals surface area (Å²) in [6.45, 7) is 7.04. The van der Waals surface area contributed by atoms with Gasteiger partial charge in [0, 0.05) is 19.1 Å². The van der Waals surface area contributed by atoms with Gasteiger partial charge in [-0.15, -0.1) is 17.8 Å². The van der Waals surface area contributed by atoms with E-state index in [0.29, 0.717) is 23.3 Å². The van der Waals surface area contributed by atoms with Crippen molar-refractivity contribution in [3.05, 3.63) is 17.0 Å². The van der Waals surface area contributed by atoms with Gasteiger partial charge in [0.05, 0.1) is 6.54 Å². The summed E-state index contributed by atoms with van der Waals surface area (Å²) in [6.07, 6.45) is 5.20. The molecule has 0 atom stereocenters. The SMILES string of the molecule is C#CCN(CC)S(=O)(=O)c1cc(CNC(C)C)cs1. The molecule has 0 aliphatic heterocycles. The van der Waals surface area contributed by atoms with Crippen LogP contribution in [0.1, 0.15) is 26.3 Å². The molecule has 4 nitrogen and oxygen atoms in total. The standard InChI is InChI=1S/C13H20N2O2S2/c1-5-7-15(6-2)19(16,17)13-8-12(10-18-13)9-14-11(3)4/h1,8,10-11,14H,6-7,9H2,2-4H3. The van der Waals surface area contributed by atoms with Crippen molar-refractivity contribution in [1.82, 2.24) is 9.62 Å². The summed E-state index contributed by atoms with van der Waals surface area (Å²) >= 11 is 1.24. The van der Waals surface area contributed by atoms with Gasteiger partial charge in [0.1, 0.15) is 4.21 Å². The lowest BCUT2D eigenvalue weighted by atomic mass is 10.3. The van der Waals surface area contributed by atoms with Crippen molar-refractivity contribution in [3.63, 3.8) is 0 Å². The first kappa shape index (κ1) is 16.2. The van der Waals surface area contributed by atoms with Gasteiger partial charge < -0.3 is 5.32 Å². The van der Waals surface area contributed by atoms with E-state index in [4.69, 9.17) is 6.42 Å². The second-order valence-corrected chi connectivity index (χ2v) is 7.52. The van der Waals surface area contributed by atoms with Crippen molar-refractivity contribution in [2.75, 3.05) is 13.1 Å². The van der Waals surface area contributed by atoms with E-state index >= 15 is 0 Å². The Bertz CT molecular complexity index is 541. The van der Waals surface area contributed by atoms with E-state index in [-0.39, 0.29) is 6.54 Å². The van der Waals surface area contributed by atoms with Crippen molar-refractivity contribution in [3.8, 4) is 12.3 Å². The van der Waals surface area contributed by atoms with Crippen molar-refractivity contribution < 1.29 is 8.42 Å². The number of hydrogen-bond donors (Lipinski definition) is 1. The molecule has 0 fully saturated rings. The van der Waals surface area contributed by atoms with E-state index in [1.807, 2.05) is 5.38 Å². The largest absolute Gasteiger partial charge is 0.310 e. The molecule has 106 valence electrons. The highest BCUT2D eigenvalue weighted by Crippen LogP contribution is 2.23. The molecule has 0 amide bonds. The minimum Gasteiger partial charge on any atom is -0.310 e. The van der Waals surface area contributed by atoms with E-state index in [0.717, 1.165) is 5.56 Å². The average molecular weight is 300 g/mol. The smallest absolute Gasteiger partial charge is 0.253 e. The lowest BCUT2D eigenvalue weighted by Gasteiger charge is -2.16. The van der Waals surface area contributed by atoms with E-state index in [1.54, 1.807) is 13.0 Å². The van der Waals surface area contributed by atoms with Crippen LogP contribution in [-0.4, -0.2) is 31.9 Å². The molecular weight excluding hydrogens is 280 g/mol. The number of nitrogens with zero attached hydrogens (tertiary/aromatic N) is 1. The molecule has 0 aliphatic rings. The zero-order chi connectivity index (χ0) is 14.5. The molecule has 0 spiro atoms. The Kier molecular flexibility index (Phi) is 6.01. The molecule has 0 saturated heterocycles. The zero-order valence-corrected chi connectivity index (χ0v) is 13.1.